The molecule has 0 amide bonds. The summed E-state index contributed by atoms with van der Waals surface area (Å²) in [4.78, 5) is 0. The van der Waals surface area contributed by atoms with Crippen LogP contribution in [0.3, 0.4) is 0 Å². The molecule has 2 rings (SSSR count). The third kappa shape index (κ3) is 2.85. The molecule has 90 valence electrons. The molecular formula is C13H23N3. The van der Waals surface area contributed by atoms with Crippen LogP contribution in [0.15, 0.2) is 6.20 Å². The zero-order valence-electron chi connectivity index (χ0n) is 10.7. The first kappa shape index (κ1) is 11.6. The normalized spacial score (nSPS) is 17.7. The van der Waals surface area contributed by atoms with E-state index in [1.54, 1.807) is 0 Å². The molecule has 1 aliphatic rings. The van der Waals surface area contributed by atoms with E-state index in [1.165, 1.54) is 36.9 Å². The summed E-state index contributed by atoms with van der Waals surface area (Å²) in [5.41, 5.74) is 2.60. The van der Waals surface area contributed by atoms with Gasteiger partial charge in [-0.1, -0.05) is 19.8 Å². The fourth-order valence-corrected chi connectivity index (χ4v) is 2.12. The lowest BCUT2D eigenvalue weighted by Gasteiger charge is -2.16. The van der Waals surface area contributed by atoms with Gasteiger partial charge in [0.1, 0.15) is 0 Å². The van der Waals surface area contributed by atoms with Gasteiger partial charge in [0.15, 0.2) is 0 Å². The summed E-state index contributed by atoms with van der Waals surface area (Å²) in [5, 5.41) is 7.93. The van der Waals surface area contributed by atoms with Gasteiger partial charge in [-0.25, -0.2) is 0 Å². The van der Waals surface area contributed by atoms with E-state index < -0.39 is 0 Å². The third-order valence-corrected chi connectivity index (χ3v) is 3.73. The quantitative estimate of drug-likeness (QED) is 0.799. The predicted molar refractivity (Wildman–Crippen MR) is 66.2 cm³/mol. The first-order valence-electron chi connectivity index (χ1n) is 6.41. The smallest absolute Gasteiger partial charge is 0.0537 e. The highest BCUT2D eigenvalue weighted by Gasteiger charge is 2.24. The Morgan fingerprint density at radius 1 is 1.56 bits per heavy atom. The molecule has 0 aromatic carbocycles. The van der Waals surface area contributed by atoms with Crippen LogP contribution >= 0.6 is 0 Å². The highest BCUT2D eigenvalue weighted by atomic mass is 15.3. The summed E-state index contributed by atoms with van der Waals surface area (Å²) in [7, 11) is 2.00. The number of rotatable bonds is 6. The van der Waals surface area contributed by atoms with Crippen molar-refractivity contribution < 1.29 is 0 Å². The standard InChI is InChI=1S/C13H23N3/c1-4-13(7-11-5-6-11)14-8-12-9-15-16(3)10(12)2/h9,11,13-14H,4-8H2,1-3H3. The van der Waals surface area contributed by atoms with Crippen molar-refractivity contribution in [1.29, 1.82) is 0 Å². The second kappa shape index (κ2) is 5.00. The third-order valence-electron chi connectivity index (χ3n) is 3.73. The number of aryl methyl sites for hydroxylation is 1. The van der Waals surface area contributed by atoms with Gasteiger partial charge in [-0.3, -0.25) is 4.68 Å². The fraction of sp³-hybridized carbons (Fsp3) is 0.769. The van der Waals surface area contributed by atoms with Crippen molar-refractivity contribution in [3.63, 3.8) is 0 Å². The molecule has 3 heteroatoms. The van der Waals surface area contributed by atoms with Crippen LogP contribution in [0, 0.1) is 12.8 Å². The minimum atomic E-state index is 0.687. The van der Waals surface area contributed by atoms with Crippen molar-refractivity contribution in [3.8, 4) is 0 Å². The first-order valence-corrected chi connectivity index (χ1v) is 6.41. The largest absolute Gasteiger partial charge is 0.310 e. The van der Waals surface area contributed by atoms with E-state index in [4.69, 9.17) is 0 Å². The minimum Gasteiger partial charge on any atom is -0.310 e. The van der Waals surface area contributed by atoms with Crippen LogP contribution in [0.25, 0.3) is 0 Å². The zero-order valence-corrected chi connectivity index (χ0v) is 10.7. The highest BCUT2D eigenvalue weighted by Crippen LogP contribution is 2.34. The fourth-order valence-electron chi connectivity index (χ4n) is 2.12. The zero-order chi connectivity index (χ0) is 11.5. The average molecular weight is 221 g/mol. The molecule has 3 nitrogen and oxygen atoms in total. The van der Waals surface area contributed by atoms with Gasteiger partial charge in [-0.2, -0.15) is 5.10 Å². The number of hydrogen-bond donors (Lipinski definition) is 1. The van der Waals surface area contributed by atoms with Crippen molar-refractivity contribution in [2.24, 2.45) is 13.0 Å². The lowest BCUT2D eigenvalue weighted by Crippen LogP contribution is -2.28. The van der Waals surface area contributed by atoms with Crippen molar-refractivity contribution in [3.05, 3.63) is 17.5 Å². The summed E-state index contributed by atoms with van der Waals surface area (Å²) in [6, 6.07) is 0.687. The molecule has 1 atom stereocenters. The SMILES string of the molecule is CCC(CC1CC1)NCc1cnn(C)c1C. The maximum atomic E-state index is 4.27. The molecular weight excluding hydrogens is 198 g/mol. The molecule has 0 radical (unpaired) electrons. The molecule has 1 fully saturated rings. The van der Waals surface area contributed by atoms with E-state index in [9.17, 15) is 0 Å². The molecule has 1 aliphatic carbocycles. The molecule has 1 heterocycles. The van der Waals surface area contributed by atoms with Crippen LogP contribution in [0.2, 0.25) is 0 Å². The van der Waals surface area contributed by atoms with E-state index in [2.05, 4.69) is 24.3 Å². The van der Waals surface area contributed by atoms with E-state index in [0.29, 0.717) is 6.04 Å². The second-order valence-corrected chi connectivity index (χ2v) is 5.04. The van der Waals surface area contributed by atoms with Crippen LogP contribution in [0.1, 0.15) is 43.9 Å². The van der Waals surface area contributed by atoms with Crippen molar-refractivity contribution in [2.45, 2.75) is 52.1 Å². The van der Waals surface area contributed by atoms with Crippen LogP contribution in [0.4, 0.5) is 0 Å². The van der Waals surface area contributed by atoms with Crippen LogP contribution in [0.5, 0.6) is 0 Å². The molecule has 1 unspecified atom stereocenters. The Hall–Kier alpha value is -0.830. The summed E-state index contributed by atoms with van der Waals surface area (Å²) in [6.45, 7) is 5.37. The van der Waals surface area contributed by atoms with Gasteiger partial charge in [-0.05, 0) is 25.7 Å². The summed E-state index contributed by atoms with van der Waals surface area (Å²) in [6.07, 6.45) is 7.46. The van der Waals surface area contributed by atoms with Gasteiger partial charge >= 0.3 is 0 Å². The van der Waals surface area contributed by atoms with Gasteiger partial charge in [0.2, 0.25) is 0 Å². The summed E-state index contributed by atoms with van der Waals surface area (Å²) >= 11 is 0. The van der Waals surface area contributed by atoms with E-state index >= 15 is 0 Å². The second-order valence-electron chi connectivity index (χ2n) is 5.04. The summed E-state index contributed by atoms with van der Waals surface area (Å²) in [5.74, 6) is 1.01. The maximum Gasteiger partial charge on any atom is 0.0537 e. The molecule has 0 bridgehead atoms. The van der Waals surface area contributed by atoms with Gasteiger partial charge in [-0.15, -0.1) is 0 Å². The Labute approximate surface area is 98.2 Å². The van der Waals surface area contributed by atoms with Gasteiger partial charge in [0.05, 0.1) is 6.20 Å². The van der Waals surface area contributed by atoms with Crippen LogP contribution in [-0.2, 0) is 13.6 Å². The molecule has 1 aromatic heterocycles. The molecule has 0 aliphatic heterocycles. The van der Waals surface area contributed by atoms with Crippen molar-refractivity contribution >= 4 is 0 Å². The Bertz CT molecular complexity index is 339. The number of aromatic nitrogens is 2. The van der Waals surface area contributed by atoms with Crippen LogP contribution in [-0.4, -0.2) is 15.8 Å². The van der Waals surface area contributed by atoms with E-state index in [-0.39, 0.29) is 0 Å². The number of hydrogen-bond acceptors (Lipinski definition) is 2. The van der Waals surface area contributed by atoms with Crippen molar-refractivity contribution in [1.82, 2.24) is 15.1 Å². The van der Waals surface area contributed by atoms with Gasteiger partial charge in [0.25, 0.3) is 0 Å². The monoisotopic (exact) mass is 221 g/mol. The Morgan fingerprint density at radius 3 is 2.81 bits per heavy atom. The Balaban J connectivity index is 1.82. The molecule has 1 N–H and O–H groups in total. The maximum absolute atomic E-state index is 4.27. The number of nitrogens with zero attached hydrogens (tertiary/aromatic N) is 2. The molecule has 0 saturated heterocycles. The molecule has 1 aromatic rings. The van der Waals surface area contributed by atoms with E-state index in [0.717, 1.165) is 12.5 Å². The minimum absolute atomic E-state index is 0.687. The first-order chi connectivity index (χ1) is 7.70. The molecule has 16 heavy (non-hydrogen) atoms. The van der Waals surface area contributed by atoms with Crippen LogP contribution < -0.4 is 5.32 Å². The van der Waals surface area contributed by atoms with Crippen molar-refractivity contribution in [2.75, 3.05) is 0 Å². The highest BCUT2D eigenvalue weighted by molar-refractivity contribution is 5.15. The lowest BCUT2D eigenvalue weighted by molar-refractivity contribution is 0.444. The molecule has 1 saturated carbocycles. The van der Waals surface area contributed by atoms with Gasteiger partial charge in [0, 0.05) is 30.9 Å². The van der Waals surface area contributed by atoms with Gasteiger partial charge < -0.3 is 5.32 Å². The average Bonchev–Trinajstić information content (AvgIpc) is 3.04. The molecule has 0 spiro atoms. The predicted octanol–water partition coefficient (Wildman–Crippen LogP) is 2.40. The van der Waals surface area contributed by atoms with E-state index in [1.807, 2.05) is 17.9 Å². The Morgan fingerprint density at radius 2 is 2.31 bits per heavy atom. The lowest BCUT2D eigenvalue weighted by atomic mass is 10.1. The summed E-state index contributed by atoms with van der Waals surface area (Å²) < 4.78 is 1.94. The number of nitrogens with one attached hydrogen (secondary N) is 1. The Kier molecular flexibility index (Phi) is 3.64. The topological polar surface area (TPSA) is 29.9 Å².